The second kappa shape index (κ2) is 6.95. The lowest BCUT2D eigenvalue weighted by atomic mass is 9.99. The third-order valence-corrected chi connectivity index (χ3v) is 3.00. The van der Waals surface area contributed by atoms with Crippen LogP contribution in [0.5, 0.6) is 0 Å². The van der Waals surface area contributed by atoms with Crippen molar-refractivity contribution in [3.8, 4) is 0 Å². The lowest BCUT2D eigenvalue weighted by Gasteiger charge is -2.21. The Morgan fingerprint density at radius 1 is 1.37 bits per heavy atom. The van der Waals surface area contributed by atoms with Crippen LogP contribution in [0.2, 0.25) is 0 Å². The summed E-state index contributed by atoms with van der Waals surface area (Å²) in [5.74, 6) is 0. The monoisotopic (exact) mass is 262 g/mol. The van der Waals surface area contributed by atoms with Gasteiger partial charge in [0, 0.05) is 26.6 Å². The first-order chi connectivity index (χ1) is 8.91. The highest BCUT2D eigenvalue weighted by Gasteiger charge is 2.15. The smallest absolute Gasteiger partial charge is 0.317 e. The van der Waals surface area contributed by atoms with Crippen molar-refractivity contribution in [1.29, 1.82) is 0 Å². The molecule has 0 unspecified atom stereocenters. The zero-order valence-electron chi connectivity index (χ0n) is 11.8. The second-order valence-electron chi connectivity index (χ2n) is 4.85. The van der Waals surface area contributed by atoms with Gasteiger partial charge in [-0.15, -0.1) is 0 Å². The van der Waals surface area contributed by atoms with Crippen molar-refractivity contribution in [3.05, 3.63) is 48.0 Å². The van der Waals surface area contributed by atoms with E-state index in [0.717, 1.165) is 11.1 Å². The summed E-state index contributed by atoms with van der Waals surface area (Å²) in [6.07, 6.45) is -0.161. The molecule has 1 rings (SSSR count). The number of nitrogens with zero attached hydrogens (tertiary/aromatic N) is 1. The van der Waals surface area contributed by atoms with Gasteiger partial charge in [0.1, 0.15) is 0 Å². The maximum Gasteiger partial charge on any atom is 0.317 e. The van der Waals surface area contributed by atoms with E-state index in [1.54, 1.807) is 14.1 Å². The van der Waals surface area contributed by atoms with Crippen molar-refractivity contribution in [3.63, 3.8) is 0 Å². The van der Waals surface area contributed by atoms with Gasteiger partial charge in [-0.2, -0.15) is 0 Å². The van der Waals surface area contributed by atoms with Crippen LogP contribution in [0.4, 0.5) is 4.79 Å². The lowest BCUT2D eigenvalue weighted by Crippen LogP contribution is -2.40. The standard InChI is InChI=1S/C15H22N2O2/c1-11(12(2)16-15(19)17(3)4)10-14(18)13-8-6-5-7-9-13/h5-9,12,14,18H,1,10H2,2-4H3,(H,16,19)/t12-,14+/m1/s1. The van der Waals surface area contributed by atoms with Crippen LogP contribution in [-0.4, -0.2) is 36.2 Å². The Labute approximate surface area is 114 Å². The Kier molecular flexibility index (Phi) is 5.57. The maximum absolute atomic E-state index is 11.5. The molecule has 2 N–H and O–H groups in total. The predicted octanol–water partition coefficient (Wildman–Crippen LogP) is 2.33. The first-order valence-corrected chi connectivity index (χ1v) is 6.30. The van der Waals surface area contributed by atoms with Crippen molar-refractivity contribution in [1.82, 2.24) is 10.2 Å². The SMILES string of the molecule is C=C(C[C@H](O)c1ccccc1)[C@@H](C)NC(=O)N(C)C. The third kappa shape index (κ3) is 4.75. The minimum Gasteiger partial charge on any atom is -0.388 e. The van der Waals surface area contributed by atoms with Gasteiger partial charge < -0.3 is 15.3 Å². The molecule has 0 aliphatic heterocycles. The topological polar surface area (TPSA) is 52.6 Å². The first kappa shape index (κ1) is 15.2. The van der Waals surface area contributed by atoms with Gasteiger partial charge in [-0.3, -0.25) is 0 Å². The van der Waals surface area contributed by atoms with Crippen LogP contribution >= 0.6 is 0 Å². The van der Waals surface area contributed by atoms with Gasteiger partial charge in [0.15, 0.2) is 0 Å². The molecule has 4 nitrogen and oxygen atoms in total. The maximum atomic E-state index is 11.5. The summed E-state index contributed by atoms with van der Waals surface area (Å²) in [5, 5.41) is 12.9. The summed E-state index contributed by atoms with van der Waals surface area (Å²) in [7, 11) is 3.37. The van der Waals surface area contributed by atoms with Crippen LogP contribution in [-0.2, 0) is 0 Å². The van der Waals surface area contributed by atoms with E-state index in [4.69, 9.17) is 0 Å². The van der Waals surface area contributed by atoms with E-state index < -0.39 is 6.10 Å². The number of nitrogens with one attached hydrogen (secondary N) is 1. The fraction of sp³-hybridized carbons (Fsp3) is 0.400. The van der Waals surface area contributed by atoms with Crippen molar-refractivity contribution in [2.75, 3.05) is 14.1 Å². The number of aliphatic hydroxyl groups excluding tert-OH is 1. The minimum atomic E-state index is -0.590. The number of carbonyl (C=O) groups is 1. The van der Waals surface area contributed by atoms with Crippen molar-refractivity contribution in [2.24, 2.45) is 0 Å². The summed E-state index contributed by atoms with van der Waals surface area (Å²) in [4.78, 5) is 13.0. The summed E-state index contributed by atoms with van der Waals surface area (Å²) in [6, 6.07) is 9.10. The van der Waals surface area contributed by atoms with E-state index in [9.17, 15) is 9.90 Å². The third-order valence-electron chi connectivity index (χ3n) is 3.00. The number of urea groups is 1. The second-order valence-corrected chi connectivity index (χ2v) is 4.85. The molecular weight excluding hydrogens is 240 g/mol. The molecular formula is C15H22N2O2. The highest BCUT2D eigenvalue weighted by Crippen LogP contribution is 2.21. The van der Waals surface area contributed by atoms with Crippen LogP contribution in [0, 0.1) is 0 Å². The lowest BCUT2D eigenvalue weighted by molar-refractivity contribution is 0.175. The van der Waals surface area contributed by atoms with Gasteiger partial charge in [-0.1, -0.05) is 42.5 Å². The predicted molar refractivity (Wildman–Crippen MR) is 76.8 cm³/mol. The van der Waals surface area contributed by atoms with Crippen LogP contribution in [0.25, 0.3) is 0 Å². The zero-order chi connectivity index (χ0) is 14.4. The Morgan fingerprint density at radius 2 is 1.95 bits per heavy atom. The quantitative estimate of drug-likeness (QED) is 0.800. The number of carbonyl (C=O) groups excluding carboxylic acids is 1. The fourth-order valence-corrected chi connectivity index (χ4v) is 1.63. The fourth-order valence-electron chi connectivity index (χ4n) is 1.63. The largest absolute Gasteiger partial charge is 0.388 e. The minimum absolute atomic E-state index is 0.164. The summed E-state index contributed by atoms with van der Waals surface area (Å²) in [6.45, 7) is 5.80. The summed E-state index contributed by atoms with van der Waals surface area (Å²) >= 11 is 0. The van der Waals surface area contributed by atoms with E-state index in [1.165, 1.54) is 4.90 Å². The van der Waals surface area contributed by atoms with Crippen molar-refractivity contribution >= 4 is 6.03 Å². The van der Waals surface area contributed by atoms with Crippen LogP contribution in [0.1, 0.15) is 25.0 Å². The average molecular weight is 262 g/mol. The molecule has 0 bridgehead atoms. The first-order valence-electron chi connectivity index (χ1n) is 6.30. The number of benzene rings is 1. The summed E-state index contributed by atoms with van der Waals surface area (Å²) in [5.41, 5.74) is 1.65. The molecule has 0 heterocycles. The highest BCUT2D eigenvalue weighted by molar-refractivity contribution is 5.74. The molecule has 2 amide bonds. The van der Waals surface area contributed by atoms with Crippen LogP contribution in [0.15, 0.2) is 42.5 Å². The summed E-state index contributed by atoms with van der Waals surface area (Å²) < 4.78 is 0. The zero-order valence-corrected chi connectivity index (χ0v) is 11.8. The van der Waals surface area contributed by atoms with Crippen molar-refractivity contribution < 1.29 is 9.90 Å². The average Bonchev–Trinajstić information content (AvgIpc) is 2.39. The van der Waals surface area contributed by atoms with Gasteiger partial charge in [0.05, 0.1) is 6.10 Å². The number of aliphatic hydroxyl groups is 1. The molecule has 0 aliphatic rings. The molecule has 1 aromatic carbocycles. The normalized spacial score (nSPS) is 13.5. The van der Waals surface area contributed by atoms with Gasteiger partial charge >= 0.3 is 6.03 Å². The molecule has 4 heteroatoms. The van der Waals surface area contributed by atoms with E-state index >= 15 is 0 Å². The Hall–Kier alpha value is -1.81. The molecule has 0 radical (unpaired) electrons. The molecule has 2 atom stereocenters. The molecule has 19 heavy (non-hydrogen) atoms. The Balaban J connectivity index is 2.53. The molecule has 0 fully saturated rings. The van der Waals surface area contributed by atoms with E-state index in [-0.39, 0.29) is 12.1 Å². The molecule has 104 valence electrons. The van der Waals surface area contributed by atoms with Crippen LogP contribution < -0.4 is 5.32 Å². The molecule has 0 aromatic heterocycles. The number of amides is 2. The van der Waals surface area contributed by atoms with E-state index in [2.05, 4.69) is 11.9 Å². The molecule has 0 aliphatic carbocycles. The molecule has 1 aromatic rings. The van der Waals surface area contributed by atoms with E-state index in [1.807, 2.05) is 37.3 Å². The number of rotatable bonds is 5. The van der Waals surface area contributed by atoms with Gasteiger partial charge in [-0.05, 0) is 12.5 Å². The van der Waals surface area contributed by atoms with Gasteiger partial charge in [0.2, 0.25) is 0 Å². The van der Waals surface area contributed by atoms with Gasteiger partial charge in [-0.25, -0.2) is 4.79 Å². The van der Waals surface area contributed by atoms with Crippen molar-refractivity contribution in [2.45, 2.75) is 25.5 Å². The van der Waals surface area contributed by atoms with Gasteiger partial charge in [0.25, 0.3) is 0 Å². The highest BCUT2D eigenvalue weighted by atomic mass is 16.3. The van der Waals surface area contributed by atoms with Crippen LogP contribution in [0.3, 0.4) is 0 Å². The molecule has 0 saturated carbocycles. The molecule has 0 spiro atoms. The molecule has 0 saturated heterocycles. The Bertz CT molecular complexity index is 429. The van der Waals surface area contributed by atoms with E-state index in [0.29, 0.717) is 6.42 Å². The number of hydrogen-bond acceptors (Lipinski definition) is 2. The number of hydrogen-bond donors (Lipinski definition) is 2. The Morgan fingerprint density at radius 3 is 2.47 bits per heavy atom.